The van der Waals surface area contributed by atoms with Gasteiger partial charge in [0.05, 0.1) is 6.61 Å². The smallest absolute Gasteiger partial charge is 0.326 e. The molecule has 0 aromatic carbocycles. The minimum absolute atomic E-state index is 0.0769. The molecule has 2 atom stereocenters. The lowest BCUT2D eigenvalue weighted by Crippen LogP contribution is -2.52. The van der Waals surface area contributed by atoms with Crippen LogP contribution in [0, 0.1) is 0 Å². The zero-order valence-electron chi connectivity index (χ0n) is 10.4. The maximum absolute atomic E-state index is 11.8. The van der Waals surface area contributed by atoms with Crippen molar-refractivity contribution < 1.29 is 29.3 Å². The SMILES string of the molecule is O=C(O)CCC[C@@H](NC(=O)C1CNCCO1)C(=O)O. The largest absolute Gasteiger partial charge is 0.481 e. The van der Waals surface area contributed by atoms with Gasteiger partial charge in [-0.2, -0.15) is 0 Å². The number of hydrogen-bond acceptors (Lipinski definition) is 5. The van der Waals surface area contributed by atoms with Gasteiger partial charge in [-0.1, -0.05) is 0 Å². The quantitative estimate of drug-likeness (QED) is 0.459. The van der Waals surface area contributed by atoms with E-state index < -0.39 is 30.0 Å². The molecule has 0 radical (unpaired) electrons. The highest BCUT2D eigenvalue weighted by atomic mass is 16.5. The van der Waals surface area contributed by atoms with Crippen molar-refractivity contribution >= 4 is 17.8 Å². The molecule has 1 amide bonds. The highest BCUT2D eigenvalue weighted by molar-refractivity contribution is 5.86. The van der Waals surface area contributed by atoms with E-state index in [9.17, 15) is 14.4 Å². The van der Waals surface area contributed by atoms with Gasteiger partial charge >= 0.3 is 11.9 Å². The van der Waals surface area contributed by atoms with Gasteiger partial charge in [0.15, 0.2) is 0 Å². The maximum Gasteiger partial charge on any atom is 0.326 e. The van der Waals surface area contributed by atoms with Crippen LogP contribution in [0.15, 0.2) is 0 Å². The number of carbonyl (C=O) groups is 3. The Hall–Kier alpha value is -1.67. The molecular formula is C11H18N2O6. The topological polar surface area (TPSA) is 125 Å². The van der Waals surface area contributed by atoms with E-state index in [0.717, 1.165) is 0 Å². The molecule has 1 unspecified atom stereocenters. The summed E-state index contributed by atoms with van der Waals surface area (Å²) in [4.78, 5) is 33.1. The molecule has 8 nitrogen and oxygen atoms in total. The Morgan fingerprint density at radius 1 is 1.37 bits per heavy atom. The Balaban J connectivity index is 2.41. The first-order valence-electron chi connectivity index (χ1n) is 6.08. The number of nitrogens with one attached hydrogen (secondary N) is 2. The molecule has 1 aliphatic rings. The summed E-state index contributed by atoms with van der Waals surface area (Å²) in [6, 6.07) is -1.09. The van der Waals surface area contributed by atoms with Crippen LogP contribution in [0.4, 0.5) is 0 Å². The highest BCUT2D eigenvalue weighted by Gasteiger charge is 2.26. The van der Waals surface area contributed by atoms with Gasteiger partial charge in [0.25, 0.3) is 5.91 Å². The van der Waals surface area contributed by atoms with Crippen molar-refractivity contribution in [1.82, 2.24) is 10.6 Å². The summed E-state index contributed by atoms with van der Waals surface area (Å²) >= 11 is 0. The number of hydrogen-bond donors (Lipinski definition) is 4. The molecule has 0 spiro atoms. The molecule has 0 aromatic heterocycles. The van der Waals surface area contributed by atoms with Crippen LogP contribution in [-0.4, -0.2) is 59.9 Å². The fraction of sp³-hybridized carbons (Fsp3) is 0.727. The minimum Gasteiger partial charge on any atom is -0.481 e. The number of rotatable bonds is 7. The van der Waals surface area contributed by atoms with Gasteiger partial charge in [-0.15, -0.1) is 0 Å². The molecule has 1 rings (SSSR count). The summed E-state index contributed by atoms with van der Waals surface area (Å²) in [7, 11) is 0. The van der Waals surface area contributed by atoms with E-state index in [4.69, 9.17) is 14.9 Å². The summed E-state index contributed by atoms with van der Waals surface area (Å²) < 4.78 is 5.20. The predicted molar refractivity (Wildman–Crippen MR) is 63.7 cm³/mol. The Morgan fingerprint density at radius 3 is 2.63 bits per heavy atom. The molecule has 1 saturated heterocycles. The standard InChI is InChI=1S/C11H18N2O6/c14-9(15)3-1-2-7(11(17)18)13-10(16)8-6-12-4-5-19-8/h7-8,12H,1-6H2,(H,13,16)(H,14,15)(H,17,18)/t7-,8?/m1/s1. The average Bonchev–Trinajstić information content (AvgIpc) is 2.37. The zero-order valence-corrected chi connectivity index (χ0v) is 10.4. The van der Waals surface area contributed by atoms with Crippen molar-refractivity contribution in [3.63, 3.8) is 0 Å². The fourth-order valence-corrected chi connectivity index (χ4v) is 1.71. The lowest BCUT2D eigenvalue weighted by atomic mass is 10.1. The van der Waals surface area contributed by atoms with Gasteiger partial charge < -0.3 is 25.6 Å². The number of carboxylic acids is 2. The van der Waals surface area contributed by atoms with Crippen LogP contribution in [0.5, 0.6) is 0 Å². The molecule has 108 valence electrons. The van der Waals surface area contributed by atoms with Crippen LogP contribution in [0.3, 0.4) is 0 Å². The van der Waals surface area contributed by atoms with E-state index in [0.29, 0.717) is 19.7 Å². The van der Waals surface area contributed by atoms with E-state index >= 15 is 0 Å². The lowest BCUT2D eigenvalue weighted by Gasteiger charge is -2.24. The molecule has 1 heterocycles. The maximum atomic E-state index is 11.8. The van der Waals surface area contributed by atoms with Crippen LogP contribution in [-0.2, 0) is 19.1 Å². The van der Waals surface area contributed by atoms with Crippen molar-refractivity contribution in [3.05, 3.63) is 0 Å². The molecule has 1 aliphatic heterocycles. The van der Waals surface area contributed by atoms with Crippen LogP contribution >= 0.6 is 0 Å². The second-order valence-electron chi connectivity index (χ2n) is 4.25. The number of carbonyl (C=O) groups excluding carboxylic acids is 1. The van der Waals surface area contributed by atoms with Gasteiger partial charge in [0, 0.05) is 19.5 Å². The Morgan fingerprint density at radius 2 is 2.11 bits per heavy atom. The molecule has 8 heteroatoms. The molecule has 19 heavy (non-hydrogen) atoms. The van der Waals surface area contributed by atoms with Crippen molar-refractivity contribution in [1.29, 1.82) is 0 Å². The van der Waals surface area contributed by atoms with Crippen molar-refractivity contribution in [3.8, 4) is 0 Å². The van der Waals surface area contributed by atoms with Gasteiger partial charge in [-0.25, -0.2) is 4.79 Å². The summed E-state index contributed by atoms with van der Waals surface area (Å²) in [5.41, 5.74) is 0. The molecule has 0 saturated carbocycles. The third-order valence-corrected chi connectivity index (χ3v) is 2.72. The number of carboxylic acid groups (broad SMARTS) is 2. The molecular weight excluding hydrogens is 256 g/mol. The monoisotopic (exact) mass is 274 g/mol. The third kappa shape index (κ3) is 5.66. The number of amides is 1. The fourth-order valence-electron chi connectivity index (χ4n) is 1.71. The number of aliphatic carboxylic acids is 2. The van der Waals surface area contributed by atoms with E-state index in [1.165, 1.54) is 0 Å². The molecule has 0 aliphatic carbocycles. The Bertz CT molecular complexity index is 340. The average molecular weight is 274 g/mol. The predicted octanol–water partition coefficient (Wildman–Crippen LogP) is -1.20. The molecule has 0 bridgehead atoms. The van der Waals surface area contributed by atoms with Gasteiger partial charge in [-0.3, -0.25) is 9.59 Å². The van der Waals surface area contributed by atoms with E-state index in [-0.39, 0.29) is 19.3 Å². The van der Waals surface area contributed by atoms with Crippen LogP contribution in [0.1, 0.15) is 19.3 Å². The molecule has 0 aromatic rings. The second kappa shape index (κ2) is 7.70. The van der Waals surface area contributed by atoms with E-state index in [2.05, 4.69) is 10.6 Å². The normalized spacial score (nSPS) is 20.5. The first kappa shape index (κ1) is 15.4. The molecule has 1 fully saturated rings. The second-order valence-corrected chi connectivity index (χ2v) is 4.25. The first-order chi connectivity index (χ1) is 9.00. The minimum atomic E-state index is -1.18. The Labute approximate surface area is 110 Å². The van der Waals surface area contributed by atoms with Crippen LogP contribution in [0.25, 0.3) is 0 Å². The highest BCUT2D eigenvalue weighted by Crippen LogP contribution is 2.04. The van der Waals surface area contributed by atoms with Crippen LogP contribution in [0.2, 0.25) is 0 Å². The van der Waals surface area contributed by atoms with E-state index in [1.807, 2.05) is 0 Å². The summed E-state index contributed by atoms with van der Waals surface area (Å²) in [6.07, 6.45) is -0.555. The number of morpholine rings is 1. The van der Waals surface area contributed by atoms with Crippen molar-refractivity contribution in [2.75, 3.05) is 19.7 Å². The number of ether oxygens (including phenoxy) is 1. The lowest BCUT2D eigenvalue weighted by molar-refractivity contribution is -0.145. The van der Waals surface area contributed by atoms with Crippen molar-refractivity contribution in [2.24, 2.45) is 0 Å². The first-order valence-corrected chi connectivity index (χ1v) is 6.08. The van der Waals surface area contributed by atoms with Crippen LogP contribution < -0.4 is 10.6 Å². The van der Waals surface area contributed by atoms with Gasteiger partial charge in [-0.05, 0) is 12.8 Å². The summed E-state index contributed by atoms with van der Waals surface area (Å²) in [5.74, 6) is -2.66. The molecule has 4 N–H and O–H groups in total. The van der Waals surface area contributed by atoms with E-state index in [1.54, 1.807) is 0 Å². The van der Waals surface area contributed by atoms with Gasteiger partial charge in [0.2, 0.25) is 0 Å². The zero-order chi connectivity index (χ0) is 14.3. The van der Waals surface area contributed by atoms with Crippen molar-refractivity contribution in [2.45, 2.75) is 31.4 Å². The summed E-state index contributed by atoms with van der Waals surface area (Å²) in [5, 5.41) is 22.8. The summed E-state index contributed by atoms with van der Waals surface area (Å²) in [6.45, 7) is 1.40. The van der Waals surface area contributed by atoms with Gasteiger partial charge in [0.1, 0.15) is 12.1 Å². The Kier molecular flexibility index (Phi) is 6.23. The third-order valence-electron chi connectivity index (χ3n) is 2.72.